The third-order valence-electron chi connectivity index (χ3n) is 8.59. The summed E-state index contributed by atoms with van der Waals surface area (Å²) in [5, 5.41) is 0. The van der Waals surface area contributed by atoms with Crippen LogP contribution in [-0.2, 0) is 32.7 Å². The van der Waals surface area contributed by atoms with E-state index in [1.54, 1.807) is 0 Å². The van der Waals surface area contributed by atoms with Crippen molar-refractivity contribution in [3.63, 3.8) is 0 Å². The Balaban J connectivity index is 4.51. The summed E-state index contributed by atoms with van der Waals surface area (Å²) in [7, 11) is 1.10. The third-order valence-corrected chi connectivity index (χ3v) is 9.55. The number of ether oxygens (including phenoxy) is 2. The van der Waals surface area contributed by atoms with Crippen LogP contribution in [0.5, 0.6) is 0 Å². The van der Waals surface area contributed by atoms with E-state index in [0.29, 0.717) is 23.9 Å². The molecule has 0 spiro atoms. The molecule has 0 amide bonds. The highest BCUT2D eigenvalue weighted by molar-refractivity contribution is 7.45. The lowest BCUT2D eigenvalue weighted by molar-refractivity contribution is -0.870. The number of phosphoric acid groups is 1. The van der Waals surface area contributed by atoms with Crippen molar-refractivity contribution in [1.29, 1.82) is 0 Å². The Labute approximate surface area is 353 Å². The molecular weight excluding hydrogens is 750 g/mol. The van der Waals surface area contributed by atoms with Gasteiger partial charge in [-0.25, -0.2) is 0 Å². The highest BCUT2D eigenvalue weighted by Crippen LogP contribution is 2.38. The first-order valence-corrected chi connectivity index (χ1v) is 23.4. The van der Waals surface area contributed by atoms with Crippen molar-refractivity contribution in [2.75, 3.05) is 47.5 Å². The second-order valence-electron chi connectivity index (χ2n) is 15.3. The first-order valence-electron chi connectivity index (χ1n) is 21.9. The molecule has 0 N–H and O–H groups in total. The van der Waals surface area contributed by atoms with Gasteiger partial charge in [0, 0.05) is 12.8 Å². The standard InChI is InChI=1S/C48H80NO8P/c1-6-8-10-12-14-16-18-20-22-23-24-25-27-28-30-32-34-36-38-40-47(50)54-44-46(45-56-58(52,53)55-43-42-49(3,4)5)57-48(51)41-39-37-35-33-31-29-26-21-19-17-15-13-11-9-7-2/h8,10,14-17,20-22,24-26,28,30-31,33,46H,6-7,9,11-13,18-19,23,27,29,32,34-45H2,1-5H3/b10-8-,16-14-,17-15-,22-20-,25-24-,26-21-,30-28-,33-31-/t46-/m1/s1. The van der Waals surface area contributed by atoms with Gasteiger partial charge in [0.25, 0.3) is 7.82 Å². The molecule has 58 heavy (non-hydrogen) atoms. The largest absolute Gasteiger partial charge is 0.756 e. The van der Waals surface area contributed by atoms with Crippen LogP contribution in [0.3, 0.4) is 0 Å². The number of allylic oxidation sites excluding steroid dienone is 16. The van der Waals surface area contributed by atoms with Crippen LogP contribution in [-0.4, -0.2) is 70.0 Å². The number of quaternary nitrogens is 1. The molecule has 0 aliphatic heterocycles. The maximum atomic E-state index is 12.7. The van der Waals surface area contributed by atoms with Gasteiger partial charge in [-0.3, -0.25) is 14.2 Å². The molecule has 0 saturated heterocycles. The van der Waals surface area contributed by atoms with Gasteiger partial charge in [-0.1, -0.05) is 130 Å². The third kappa shape index (κ3) is 42.5. The zero-order chi connectivity index (χ0) is 42.8. The van der Waals surface area contributed by atoms with Crippen molar-refractivity contribution in [1.82, 2.24) is 0 Å². The minimum absolute atomic E-state index is 0.0495. The van der Waals surface area contributed by atoms with E-state index in [0.717, 1.165) is 83.5 Å². The minimum atomic E-state index is -4.65. The highest BCUT2D eigenvalue weighted by atomic mass is 31.2. The van der Waals surface area contributed by atoms with E-state index in [-0.39, 0.29) is 26.1 Å². The van der Waals surface area contributed by atoms with Gasteiger partial charge < -0.3 is 27.9 Å². The lowest BCUT2D eigenvalue weighted by atomic mass is 10.1. The van der Waals surface area contributed by atoms with Crippen molar-refractivity contribution in [3.05, 3.63) is 97.2 Å². The summed E-state index contributed by atoms with van der Waals surface area (Å²) >= 11 is 0. The predicted octanol–water partition coefficient (Wildman–Crippen LogP) is 11.9. The lowest BCUT2D eigenvalue weighted by Gasteiger charge is -2.28. The number of likely N-dealkylation sites (N-methyl/N-ethyl adjacent to an activating group) is 1. The van der Waals surface area contributed by atoms with E-state index in [4.69, 9.17) is 18.5 Å². The molecular formula is C48H80NO8P. The van der Waals surface area contributed by atoms with Crippen LogP contribution >= 0.6 is 7.82 Å². The molecule has 9 nitrogen and oxygen atoms in total. The molecule has 0 rings (SSSR count). The van der Waals surface area contributed by atoms with Gasteiger partial charge in [0.1, 0.15) is 19.8 Å². The maximum absolute atomic E-state index is 12.7. The molecule has 0 saturated carbocycles. The molecule has 0 aliphatic rings. The summed E-state index contributed by atoms with van der Waals surface area (Å²) < 4.78 is 33.8. The van der Waals surface area contributed by atoms with Crippen LogP contribution in [0, 0.1) is 0 Å². The van der Waals surface area contributed by atoms with Crippen molar-refractivity contribution in [3.8, 4) is 0 Å². The molecule has 0 fully saturated rings. The minimum Gasteiger partial charge on any atom is -0.756 e. The van der Waals surface area contributed by atoms with Crippen molar-refractivity contribution in [2.24, 2.45) is 0 Å². The number of hydrogen-bond acceptors (Lipinski definition) is 8. The zero-order valence-corrected chi connectivity index (χ0v) is 37.8. The van der Waals surface area contributed by atoms with Gasteiger partial charge in [-0.05, 0) is 96.3 Å². The zero-order valence-electron chi connectivity index (χ0n) is 36.9. The molecule has 0 radical (unpaired) electrons. The molecule has 2 atom stereocenters. The van der Waals surface area contributed by atoms with Crippen LogP contribution in [0.15, 0.2) is 97.2 Å². The Morgan fingerprint density at radius 2 is 0.983 bits per heavy atom. The molecule has 1 unspecified atom stereocenters. The normalized spacial score (nSPS) is 14.5. The molecule has 0 bridgehead atoms. The number of carbonyl (C=O) groups is 2. The fourth-order valence-corrected chi connectivity index (χ4v) is 5.88. The van der Waals surface area contributed by atoms with E-state index >= 15 is 0 Å². The Morgan fingerprint density at radius 1 is 0.552 bits per heavy atom. The summed E-state index contributed by atoms with van der Waals surface area (Å²) in [6.45, 7) is 3.97. The Hall–Kier alpha value is -3.07. The van der Waals surface area contributed by atoms with Gasteiger partial charge in [0.2, 0.25) is 0 Å². The topological polar surface area (TPSA) is 111 Å². The Bertz CT molecular complexity index is 1300. The van der Waals surface area contributed by atoms with Crippen molar-refractivity contribution < 1.29 is 42.1 Å². The maximum Gasteiger partial charge on any atom is 0.306 e. The van der Waals surface area contributed by atoms with E-state index in [9.17, 15) is 19.0 Å². The van der Waals surface area contributed by atoms with Crippen LogP contribution in [0.4, 0.5) is 0 Å². The number of rotatable bonds is 38. The summed E-state index contributed by atoms with van der Waals surface area (Å²) in [5.41, 5.74) is 0. The number of carbonyl (C=O) groups excluding carboxylic acids is 2. The molecule has 0 aromatic heterocycles. The SMILES string of the molecule is CC/C=C\C/C=C\C/C=C\C/C=C\C/C=C\CCCCCC(=O)OC[C@H](COP(=O)([O-])OCC[N+](C)(C)C)OC(=O)CCCC/C=C\C/C=C\C/C=C\CCCCC. The van der Waals surface area contributed by atoms with E-state index in [1.807, 2.05) is 21.1 Å². The van der Waals surface area contributed by atoms with Crippen LogP contribution in [0.2, 0.25) is 0 Å². The van der Waals surface area contributed by atoms with Gasteiger partial charge in [-0.2, -0.15) is 0 Å². The highest BCUT2D eigenvalue weighted by Gasteiger charge is 2.21. The number of phosphoric ester groups is 1. The van der Waals surface area contributed by atoms with E-state index in [1.165, 1.54) is 19.3 Å². The average Bonchev–Trinajstić information content (AvgIpc) is 3.17. The number of esters is 2. The summed E-state index contributed by atoms with van der Waals surface area (Å²) in [4.78, 5) is 37.5. The number of nitrogens with zero attached hydrogens (tertiary/aromatic N) is 1. The van der Waals surface area contributed by atoms with E-state index < -0.39 is 32.5 Å². The summed E-state index contributed by atoms with van der Waals surface area (Å²) in [6.07, 6.45) is 51.5. The fourth-order valence-electron chi connectivity index (χ4n) is 5.16. The average molecular weight is 830 g/mol. The van der Waals surface area contributed by atoms with Gasteiger partial charge >= 0.3 is 11.9 Å². The molecule has 0 aromatic rings. The summed E-state index contributed by atoms with van der Waals surface area (Å²) in [6, 6.07) is 0. The number of hydrogen-bond donors (Lipinski definition) is 0. The van der Waals surface area contributed by atoms with E-state index in [2.05, 4.69) is 111 Å². The van der Waals surface area contributed by atoms with Gasteiger partial charge in [0.15, 0.2) is 6.10 Å². The monoisotopic (exact) mass is 830 g/mol. The lowest BCUT2D eigenvalue weighted by Crippen LogP contribution is -2.37. The van der Waals surface area contributed by atoms with Crippen molar-refractivity contribution >= 4 is 19.8 Å². The summed E-state index contributed by atoms with van der Waals surface area (Å²) in [5.74, 6) is -0.929. The van der Waals surface area contributed by atoms with Gasteiger partial charge in [-0.15, -0.1) is 0 Å². The smallest absolute Gasteiger partial charge is 0.306 e. The second-order valence-corrected chi connectivity index (χ2v) is 16.7. The Kier molecular flexibility index (Phi) is 37.3. The van der Waals surface area contributed by atoms with Crippen LogP contribution in [0.25, 0.3) is 0 Å². The molecule has 10 heteroatoms. The number of unbranched alkanes of at least 4 members (excludes halogenated alkanes) is 8. The first-order chi connectivity index (χ1) is 28.0. The van der Waals surface area contributed by atoms with Crippen molar-refractivity contribution in [2.45, 2.75) is 148 Å². The van der Waals surface area contributed by atoms with Gasteiger partial charge in [0.05, 0.1) is 27.7 Å². The molecule has 0 aliphatic carbocycles. The second kappa shape index (κ2) is 39.4. The molecule has 330 valence electrons. The quantitative estimate of drug-likeness (QED) is 0.0199. The molecule has 0 heterocycles. The first kappa shape index (κ1) is 54.9. The fraction of sp³-hybridized carbons (Fsp3) is 0.625. The molecule has 0 aromatic carbocycles. The Morgan fingerprint density at radius 3 is 1.47 bits per heavy atom. The van der Waals surface area contributed by atoms with Crippen LogP contribution in [0.1, 0.15) is 142 Å². The predicted molar refractivity (Wildman–Crippen MR) is 240 cm³/mol. The van der Waals surface area contributed by atoms with Crippen LogP contribution < -0.4 is 4.89 Å².